The highest BCUT2D eigenvalue weighted by Gasteiger charge is 2.27. The molecule has 1 unspecified atom stereocenters. The van der Waals surface area contributed by atoms with Gasteiger partial charge in [-0.15, -0.1) is 0 Å². The largest absolute Gasteiger partial charge is 0.490 e. The molecule has 10 heteroatoms. The Morgan fingerprint density at radius 2 is 1.73 bits per heavy atom. The van der Waals surface area contributed by atoms with Gasteiger partial charge in [0.05, 0.1) is 28.8 Å². The fraction of sp³-hybridized carbons (Fsp3) is 0.435. The van der Waals surface area contributed by atoms with Gasteiger partial charge in [-0.05, 0) is 50.1 Å². The van der Waals surface area contributed by atoms with E-state index in [1.807, 2.05) is 6.07 Å². The topological polar surface area (TPSA) is 97.0 Å². The Balaban J connectivity index is 1.45. The Hall–Kier alpha value is -2.49. The standard InChI is InChI=1S/C23H28ClN3O5S/c1-16(25-17-6-9-21-22(14-17)32-13-5-12-31-21)23(28)26-20-15-18(7-8-19(20)24)33(29,30)27-10-3-2-4-11-27/h6-9,14-16,25H,2-5,10-13H2,1H3,(H,26,28). The number of ether oxygens (including phenoxy) is 2. The SMILES string of the molecule is CC(Nc1ccc2c(c1)OCCCO2)C(=O)Nc1cc(S(=O)(=O)N2CCCCC2)ccc1Cl. The summed E-state index contributed by atoms with van der Waals surface area (Å²) in [5.74, 6) is 0.953. The molecule has 2 aliphatic rings. The van der Waals surface area contributed by atoms with Gasteiger partial charge in [0, 0.05) is 31.3 Å². The second-order valence-electron chi connectivity index (χ2n) is 8.17. The van der Waals surface area contributed by atoms with Gasteiger partial charge in [0.15, 0.2) is 11.5 Å². The lowest BCUT2D eigenvalue weighted by Gasteiger charge is -2.26. The maximum atomic E-state index is 13.0. The molecule has 0 radical (unpaired) electrons. The number of hydrogen-bond donors (Lipinski definition) is 2. The van der Waals surface area contributed by atoms with Gasteiger partial charge in [-0.1, -0.05) is 18.0 Å². The van der Waals surface area contributed by atoms with Crippen molar-refractivity contribution in [3.05, 3.63) is 41.4 Å². The lowest BCUT2D eigenvalue weighted by Crippen LogP contribution is -2.35. The third-order valence-corrected chi connectivity index (χ3v) is 7.90. The number of piperidine rings is 1. The molecule has 2 N–H and O–H groups in total. The maximum absolute atomic E-state index is 13.0. The van der Waals surface area contributed by atoms with Crippen LogP contribution in [0.4, 0.5) is 11.4 Å². The van der Waals surface area contributed by atoms with Crippen LogP contribution in [0, 0.1) is 0 Å². The van der Waals surface area contributed by atoms with E-state index in [-0.39, 0.29) is 21.5 Å². The molecule has 0 aliphatic carbocycles. The predicted molar refractivity (Wildman–Crippen MR) is 128 cm³/mol. The van der Waals surface area contributed by atoms with Gasteiger partial charge in [-0.3, -0.25) is 4.79 Å². The minimum Gasteiger partial charge on any atom is -0.490 e. The molecule has 33 heavy (non-hydrogen) atoms. The summed E-state index contributed by atoms with van der Waals surface area (Å²) in [5, 5.41) is 6.14. The smallest absolute Gasteiger partial charge is 0.246 e. The summed E-state index contributed by atoms with van der Waals surface area (Å²) in [6.45, 7) is 3.89. The Bertz CT molecular complexity index is 1120. The molecule has 8 nitrogen and oxygen atoms in total. The van der Waals surface area contributed by atoms with Crippen molar-refractivity contribution in [3.8, 4) is 11.5 Å². The molecule has 0 saturated carbocycles. The van der Waals surface area contributed by atoms with Crippen molar-refractivity contribution in [1.82, 2.24) is 4.31 Å². The molecule has 1 atom stereocenters. The fourth-order valence-corrected chi connectivity index (χ4v) is 5.53. The van der Waals surface area contributed by atoms with Crippen LogP contribution in [0.2, 0.25) is 5.02 Å². The number of carbonyl (C=O) groups is 1. The number of nitrogens with zero attached hydrogens (tertiary/aromatic N) is 1. The van der Waals surface area contributed by atoms with Crippen LogP contribution in [0.3, 0.4) is 0 Å². The Morgan fingerprint density at radius 3 is 2.48 bits per heavy atom. The van der Waals surface area contributed by atoms with Crippen LogP contribution in [-0.4, -0.2) is 51.0 Å². The Morgan fingerprint density at radius 1 is 1.00 bits per heavy atom. The zero-order valence-corrected chi connectivity index (χ0v) is 20.0. The first-order chi connectivity index (χ1) is 15.8. The molecule has 1 saturated heterocycles. The first-order valence-electron chi connectivity index (χ1n) is 11.1. The average Bonchev–Trinajstić information content (AvgIpc) is 3.06. The van der Waals surface area contributed by atoms with E-state index < -0.39 is 16.1 Å². The van der Waals surface area contributed by atoms with E-state index in [1.165, 1.54) is 22.5 Å². The predicted octanol–water partition coefficient (Wildman–Crippen LogP) is 4.12. The van der Waals surface area contributed by atoms with Gasteiger partial charge in [-0.25, -0.2) is 8.42 Å². The number of amides is 1. The Labute approximate surface area is 199 Å². The van der Waals surface area contributed by atoms with Crippen molar-refractivity contribution < 1.29 is 22.7 Å². The van der Waals surface area contributed by atoms with Gasteiger partial charge >= 0.3 is 0 Å². The highest BCUT2D eigenvalue weighted by atomic mass is 35.5. The fourth-order valence-electron chi connectivity index (χ4n) is 3.82. The van der Waals surface area contributed by atoms with E-state index in [2.05, 4.69) is 10.6 Å². The molecule has 0 bridgehead atoms. The highest BCUT2D eigenvalue weighted by Crippen LogP contribution is 2.33. The number of hydrogen-bond acceptors (Lipinski definition) is 6. The van der Waals surface area contributed by atoms with Crippen molar-refractivity contribution >= 4 is 38.9 Å². The molecular formula is C23H28ClN3O5S. The molecule has 0 aromatic heterocycles. The van der Waals surface area contributed by atoms with Crippen molar-refractivity contribution in [2.75, 3.05) is 36.9 Å². The highest BCUT2D eigenvalue weighted by molar-refractivity contribution is 7.89. The lowest BCUT2D eigenvalue weighted by molar-refractivity contribution is -0.116. The molecule has 2 aromatic carbocycles. The zero-order chi connectivity index (χ0) is 23.4. The first-order valence-corrected chi connectivity index (χ1v) is 12.9. The molecule has 1 fully saturated rings. The number of anilines is 2. The summed E-state index contributed by atoms with van der Waals surface area (Å²) in [7, 11) is -3.64. The zero-order valence-electron chi connectivity index (χ0n) is 18.5. The van der Waals surface area contributed by atoms with E-state index in [1.54, 1.807) is 19.1 Å². The average molecular weight is 494 g/mol. The molecule has 2 aromatic rings. The number of rotatable bonds is 6. The maximum Gasteiger partial charge on any atom is 0.246 e. The minimum atomic E-state index is -3.64. The van der Waals surface area contributed by atoms with Crippen LogP contribution in [0.1, 0.15) is 32.6 Å². The molecule has 2 aliphatic heterocycles. The number of halogens is 1. The molecule has 0 spiro atoms. The quantitative estimate of drug-likeness (QED) is 0.628. The monoisotopic (exact) mass is 493 g/mol. The second kappa shape index (κ2) is 10.2. The van der Waals surface area contributed by atoms with Crippen LogP contribution < -0.4 is 20.1 Å². The van der Waals surface area contributed by atoms with Crippen LogP contribution in [0.25, 0.3) is 0 Å². The molecule has 2 heterocycles. The van der Waals surface area contributed by atoms with Crippen molar-refractivity contribution in [3.63, 3.8) is 0 Å². The Kier molecular flexibility index (Phi) is 7.31. The summed E-state index contributed by atoms with van der Waals surface area (Å²) >= 11 is 6.26. The third-order valence-electron chi connectivity index (χ3n) is 5.67. The molecule has 1 amide bonds. The lowest BCUT2D eigenvalue weighted by atomic mass is 10.2. The summed E-state index contributed by atoms with van der Waals surface area (Å²) in [6.07, 6.45) is 3.53. The first kappa shape index (κ1) is 23.7. The molecule has 178 valence electrons. The summed E-state index contributed by atoms with van der Waals surface area (Å²) in [6, 6.07) is 9.19. The van der Waals surface area contributed by atoms with Gasteiger partial charge in [0.1, 0.15) is 6.04 Å². The van der Waals surface area contributed by atoms with Crippen molar-refractivity contribution in [1.29, 1.82) is 0 Å². The number of carbonyl (C=O) groups excluding carboxylic acids is 1. The van der Waals surface area contributed by atoms with E-state index >= 15 is 0 Å². The summed E-state index contributed by atoms with van der Waals surface area (Å²) in [4.78, 5) is 12.9. The van der Waals surface area contributed by atoms with E-state index in [9.17, 15) is 13.2 Å². The van der Waals surface area contributed by atoms with Crippen LogP contribution >= 0.6 is 11.6 Å². The van der Waals surface area contributed by atoms with Crippen LogP contribution in [0.5, 0.6) is 11.5 Å². The van der Waals surface area contributed by atoms with Crippen LogP contribution in [0.15, 0.2) is 41.3 Å². The van der Waals surface area contributed by atoms with E-state index in [0.29, 0.717) is 43.5 Å². The van der Waals surface area contributed by atoms with Crippen molar-refractivity contribution in [2.45, 2.75) is 43.5 Å². The van der Waals surface area contributed by atoms with Crippen molar-refractivity contribution in [2.24, 2.45) is 0 Å². The van der Waals surface area contributed by atoms with Gasteiger partial charge in [-0.2, -0.15) is 4.31 Å². The number of benzene rings is 2. The second-order valence-corrected chi connectivity index (χ2v) is 10.5. The molecule has 4 rings (SSSR count). The summed E-state index contributed by atoms with van der Waals surface area (Å²) in [5.41, 5.74) is 0.960. The number of sulfonamides is 1. The van der Waals surface area contributed by atoms with Gasteiger partial charge < -0.3 is 20.1 Å². The normalized spacial score (nSPS) is 17.6. The molecular weight excluding hydrogens is 466 g/mol. The number of fused-ring (bicyclic) bond motifs is 1. The van der Waals surface area contributed by atoms with E-state index in [0.717, 1.165) is 25.7 Å². The number of nitrogens with one attached hydrogen (secondary N) is 2. The third kappa shape index (κ3) is 5.54. The van der Waals surface area contributed by atoms with Gasteiger partial charge in [0.25, 0.3) is 0 Å². The van der Waals surface area contributed by atoms with Crippen LogP contribution in [-0.2, 0) is 14.8 Å². The minimum absolute atomic E-state index is 0.118. The van der Waals surface area contributed by atoms with E-state index in [4.69, 9.17) is 21.1 Å². The van der Waals surface area contributed by atoms with Gasteiger partial charge in [0.2, 0.25) is 15.9 Å². The summed E-state index contributed by atoms with van der Waals surface area (Å²) < 4.78 is 38.8.